The molecule has 10 nitrogen and oxygen atoms in total. The normalized spacial score (nSPS) is 20.7. The summed E-state index contributed by atoms with van der Waals surface area (Å²) in [6.07, 6.45) is -0.398. The van der Waals surface area contributed by atoms with Gasteiger partial charge < -0.3 is 19.4 Å². The lowest BCUT2D eigenvalue weighted by atomic mass is 9.77. The fourth-order valence-electron chi connectivity index (χ4n) is 5.86. The molecule has 1 aliphatic heterocycles. The lowest BCUT2D eigenvalue weighted by Crippen LogP contribution is -2.54. The predicted molar refractivity (Wildman–Crippen MR) is 147 cm³/mol. The Bertz CT molecular complexity index is 1580. The quantitative estimate of drug-likeness (QED) is 0.205. The summed E-state index contributed by atoms with van der Waals surface area (Å²) in [6, 6.07) is 8.44. The Morgan fingerprint density at radius 1 is 1.14 bits per heavy atom. The third kappa shape index (κ3) is 6.09. The number of aromatic nitrogens is 2. The van der Waals surface area contributed by atoms with E-state index in [1.54, 1.807) is 6.07 Å². The van der Waals surface area contributed by atoms with Gasteiger partial charge in [-0.05, 0) is 50.9 Å². The van der Waals surface area contributed by atoms with Gasteiger partial charge in [0.15, 0.2) is 5.82 Å². The van der Waals surface area contributed by atoms with Crippen molar-refractivity contribution in [2.45, 2.75) is 48.3 Å². The van der Waals surface area contributed by atoms with Crippen molar-refractivity contribution in [3.63, 3.8) is 0 Å². The van der Waals surface area contributed by atoms with Gasteiger partial charge in [0, 0.05) is 36.5 Å². The van der Waals surface area contributed by atoms with Crippen molar-refractivity contribution >= 4 is 28.0 Å². The third-order valence-corrected chi connectivity index (χ3v) is 9.41. The van der Waals surface area contributed by atoms with E-state index in [9.17, 15) is 26.4 Å². The van der Waals surface area contributed by atoms with Crippen molar-refractivity contribution in [1.29, 1.82) is 0 Å². The zero-order valence-electron chi connectivity index (χ0n) is 23.2. The molecule has 0 spiro atoms. The number of alkyl halides is 3. The van der Waals surface area contributed by atoms with Gasteiger partial charge in [-0.25, -0.2) is 14.4 Å². The Morgan fingerprint density at radius 2 is 1.93 bits per heavy atom. The second-order valence-corrected chi connectivity index (χ2v) is 12.2. The maximum Gasteiger partial charge on any atom is 0.416 e. The maximum atomic E-state index is 15.6. The molecule has 3 atom stereocenters. The zero-order chi connectivity index (χ0) is 30.9. The minimum atomic E-state index is -4.77. The number of halogens is 4. The Morgan fingerprint density at radius 3 is 2.60 bits per heavy atom. The van der Waals surface area contributed by atoms with Crippen LogP contribution in [0.4, 0.5) is 29.1 Å². The molecule has 0 bridgehead atoms. The average Bonchev–Trinajstić information content (AvgIpc) is 2.99. The van der Waals surface area contributed by atoms with Crippen molar-refractivity contribution in [3.8, 4) is 5.75 Å². The van der Waals surface area contributed by atoms with Crippen molar-refractivity contribution < 1.29 is 40.3 Å². The van der Waals surface area contributed by atoms with Gasteiger partial charge in [-0.2, -0.15) is 21.6 Å². The van der Waals surface area contributed by atoms with Gasteiger partial charge in [0.05, 0.1) is 17.8 Å². The highest BCUT2D eigenvalue weighted by Gasteiger charge is 2.40. The number of likely N-dealkylation sites (N-methyl/N-ethyl adjacent to an activating group) is 1. The largest absolute Gasteiger partial charge is 0.490 e. The van der Waals surface area contributed by atoms with Crippen molar-refractivity contribution in [1.82, 2.24) is 14.9 Å². The summed E-state index contributed by atoms with van der Waals surface area (Å²) < 4.78 is 88.5. The number of rotatable bonds is 8. The average molecular weight is 624 g/mol. The topological polar surface area (TPSA) is 105 Å². The first kappa shape index (κ1) is 30.5. The molecule has 2 aromatic carbocycles. The summed E-state index contributed by atoms with van der Waals surface area (Å²) in [6.45, 7) is 0.459. The molecule has 15 heteroatoms. The van der Waals surface area contributed by atoms with E-state index in [0.29, 0.717) is 37.1 Å². The molecule has 0 radical (unpaired) electrons. The van der Waals surface area contributed by atoms with Gasteiger partial charge in [0.1, 0.15) is 29.4 Å². The number of fused-ring (bicyclic) bond motifs is 1. The van der Waals surface area contributed by atoms with E-state index < -0.39 is 32.5 Å². The minimum absolute atomic E-state index is 0.110. The predicted octanol–water partition coefficient (Wildman–Crippen LogP) is 4.38. The molecule has 3 aromatic rings. The van der Waals surface area contributed by atoms with Crippen LogP contribution in [-0.4, -0.2) is 69.1 Å². The third-order valence-electron chi connectivity index (χ3n) is 7.83. The number of hydrogen-bond donors (Lipinski definition) is 0. The van der Waals surface area contributed by atoms with E-state index in [4.69, 9.17) is 4.74 Å². The van der Waals surface area contributed by atoms with E-state index >= 15 is 4.39 Å². The van der Waals surface area contributed by atoms with Crippen LogP contribution in [0.5, 0.6) is 5.75 Å². The molecule has 1 fully saturated rings. The van der Waals surface area contributed by atoms with E-state index in [0.717, 1.165) is 24.5 Å². The number of nitrogens with zero attached hydrogens (tertiary/aromatic N) is 5. The first-order valence-electron chi connectivity index (χ1n) is 13.4. The summed E-state index contributed by atoms with van der Waals surface area (Å²) in [4.78, 5) is 26.4. The summed E-state index contributed by atoms with van der Waals surface area (Å²) >= 11 is 0. The number of benzene rings is 2. The molecule has 0 unspecified atom stereocenters. The fraction of sp³-hybridized carbons (Fsp3) is 0.393. The molecule has 0 saturated heterocycles. The van der Waals surface area contributed by atoms with Crippen LogP contribution in [0.15, 0.2) is 59.9 Å². The highest BCUT2D eigenvalue weighted by atomic mass is 32.2. The van der Waals surface area contributed by atoms with Gasteiger partial charge in [0.25, 0.3) is 10.0 Å². The van der Waals surface area contributed by atoms with Gasteiger partial charge >= 0.3 is 12.6 Å². The van der Waals surface area contributed by atoms with Crippen LogP contribution >= 0.6 is 0 Å². The molecule has 2 heterocycles. The summed E-state index contributed by atoms with van der Waals surface area (Å²) in [7, 11) is -0.996. The van der Waals surface area contributed by atoms with E-state index in [1.807, 2.05) is 23.9 Å². The van der Waals surface area contributed by atoms with Crippen molar-refractivity contribution in [3.05, 3.63) is 71.9 Å². The van der Waals surface area contributed by atoms with Crippen LogP contribution in [0.3, 0.4) is 0 Å². The van der Waals surface area contributed by atoms with E-state index in [2.05, 4.69) is 14.8 Å². The molecular formula is C28H29F4N5O5S. The van der Waals surface area contributed by atoms with Gasteiger partial charge in [-0.1, -0.05) is 22.7 Å². The minimum Gasteiger partial charge on any atom is -0.490 e. The van der Waals surface area contributed by atoms with E-state index in [-0.39, 0.29) is 47.1 Å². The summed E-state index contributed by atoms with van der Waals surface area (Å²) in [5.74, 6) is -1.39. The molecule has 1 saturated carbocycles. The van der Waals surface area contributed by atoms with Gasteiger partial charge in [0.2, 0.25) is 0 Å². The van der Waals surface area contributed by atoms with Gasteiger partial charge in [-0.15, -0.1) is 0 Å². The second kappa shape index (κ2) is 12.0. The highest BCUT2D eigenvalue weighted by molar-refractivity contribution is 7.92. The monoisotopic (exact) mass is 623 g/mol. The van der Waals surface area contributed by atoms with Crippen LogP contribution < -0.4 is 14.1 Å². The number of carbonyl (C=O) groups is 1. The molecule has 0 amide bonds. The Kier molecular flexibility index (Phi) is 8.47. The standard InChI is InChI=1S/C28H29F4N5O5S/c1-35(2)23-13-19(18-4-3-5-20(12-18)28(30,31)32)6-7-22(23)36-10-11-41-25-15-26(21(29)14-24(25)36)43(39,40)37(42-17-38)27-8-9-33-16-34-27/h3-5,8-9,12,14-17,19,22-23H,6-7,10-11,13H2,1-2H3/t19-,22-,23-/m0/s1. The molecule has 1 aromatic heterocycles. The Balaban J connectivity index is 1.45. The number of carbonyl (C=O) groups excluding carboxylic acids is 1. The molecule has 0 N–H and O–H groups in total. The Labute approximate surface area is 245 Å². The van der Waals surface area contributed by atoms with Crippen LogP contribution in [0, 0.1) is 5.82 Å². The lowest BCUT2D eigenvalue weighted by Gasteiger charge is -2.47. The second-order valence-electron chi connectivity index (χ2n) is 10.5. The van der Waals surface area contributed by atoms with Crippen LogP contribution in [0.2, 0.25) is 0 Å². The lowest BCUT2D eigenvalue weighted by molar-refractivity contribution is -0.137. The van der Waals surface area contributed by atoms with Crippen LogP contribution in [0.25, 0.3) is 0 Å². The molecule has 5 rings (SSSR count). The van der Waals surface area contributed by atoms with E-state index in [1.165, 1.54) is 24.4 Å². The Hall–Kier alpha value is -3.98. The van der Waals surface area contributed by atoms with Crippen LogP contribution in [0.1, 0.15) is 36.3 Å². The first-order valence-corrected chi connectivity index (χ1v) is 14.8. The molecule has 2 aliphatic rings. The number of sulfonamides is 1. The summed E-state index contributed by atoms with van der Waals surface area (Å²) in [5, 5.41) is 0. The van der Waals surface area contributed by atoms with Gasteiger partial charge in [-0.3, -0.25) is 4.79 Å². The first-order chi connectivity index (χ1) is 20.4. The molecule has 1 aliphatic carbocycles. The zero-order valence-corrected chi connectivity index (χ0v) is 24.1. The molecular weight excluding hydrogens is 594 g/mol. The number of hydrogen-bond acceptors (Lipinski definition) is 9. The highest BCUT2D eigenvalue weighted by Crippen LogP contribution is 2.44. The number of anilines is 2. The molecule has 43 heavy (non-hydrogen) atoms. The SMILES string of the molecule is CN(C)[C@H]1C[C@@H](c2cccc(C(F)(F)F)c2)CC[C@@H]1N1CCOc2cc(S(=O)(=O)N(OC=O)c3ccncn3)c(F)cc21. The fourth-order valence-corrected chi connectivity index (χ4v) is 7.10. The maximum absolute atomic E-state index is 15.6. The number of ether oxygens (including phenoxy) is 1. The summed E-state index contributed by atoms with van der Waals surface area (Å²) in [5.41, 5.74) is 0.282. The smallest absolute Gasteiger partial charge is 0.416 e. The molecule has 230 valence electrons. The van der Waals surface area contributed by atoms with Crippen molar-refractivity contribution in [2.75, 3.05) is 36.6 Å². The van der Waals surface area contributed by atoms with Crippen LogP contribution in [-0.2, 0) is 25.8 Å². The van der Waals surface area contributed by atoms with Crippen molar-refractivity contribution in [2.24, 2.45) is 0 Å².